The van der Waals surface area contributed by atoms with Crippen molar-refractivity contribution in [1.82, 2.24) is 0 Å². The van der Waals surface area contributed by atoms with E-state index in [0.29, 0.717) is 12.8 Å². The van der Waals surface area contributed by atoms with Crippen LogP contribution in [0.25, 0.3) is 0 Å². The first-order chi connectivity index (χ1) is 31.4. The summed E-state index contributed by atoms with van der Waals surface area (Å²) in [5.41, 5.74) is 0. The molecular weight excluding hydrogens is 852 g/mol. The Kier molecular flexibility index (Phi) is 39.0. The maximum atomic E-state index is 12.8. The zero-order chi connectivity index (χ0) is 47.8. The zero-order valence-corrected chi connectivity index (χ0v) is 41.7. The van der Waals surface area contributed by atoms with E-state index >= 15 is 0 Å². The number of hydrogen-bond acceptors (Lipinski definition) is 12. The minimum atomic E-state index is -5.12. The summed E-state index contributed by atoms with van der Waals surface area (Å²) in [5, 5.41) is 50.2. The van der Waals surface area contributed by atoms with Gasteiger partial charge in [-0.05, 0) is 64.2 Å². The van der Waals surface area contributed by atoms with Crippen LogP contribution in [0.3, 0.4) is 0 Å². The van der Waals surface area contributed by atoms with Crippen molar-refractivity contribution in [3.63, 3.8) is 0 Å². The van der Waals surface area contributed by atoms with E-state index < -0.39 is 75.7 Å². The molecule has 14 heteroatoms. The molecule has 0 radical (unpaired) electrons. The molecule has 6 unspecified atom stereocenters. The largest absolute Gasteiger partial charge is 0.472 e. The van der Waals surface area contributed by atoms with E-state index in [2.05, 4.69) is 38.2 Å². The highest BCUT2D eigenvalue weighted by molar-refractivity contribution is 7.47. The number of phosphoric acid groups is 1. The molecule has 1 fully saturated rings. The highest BCUT2D eigenvalue weighted by Crippen LogP contribution is 2.47. The maximum Gasteiger partial charge on any atom is 0.472 e. The molecule has 0 amide bonds. The van der Waals surface area contributed by atoms with E-state index in [1.165, 1.54) is 154 Å². The van der Waals surface area contributed by atoms with Gasteiger partial charge in [0.1, 0.15) is 43.2 Å². The second-order valence-corrected chi connectivity index (χ2v) is 19.8. The molecule has 1 aliphatic carbocycles. The number of carbonyl (C=O) groups excluding carboxylic acids is 2. The van der Waals surface area contributed by atoms with Gasteiger partial charge < -0.3 is 39.9 Å². The number of unbranched alkanes of at least 4 members (excludes halogenated alkanes) is 28. The standard InChI is InChI=1S/C51H95O13P/c1-3-5-7-9-11-13-15-17-19-20-21-22-23-24-26-27-29-31-33-35-37-39-44(52)61-41-43(42-62-65(59,60)64-51-49(57)47(55)46(54)48(56)50(51)58)63-45(53)40-38-36-34-32-30-28-25-18-16-14-12-10-8-6-4-2/h17,19,30,32,43,46-51,54-58H,3-16,18,20-29,31,33-42H2,1-2H3,(H,59,60)/b19-17+,32-30+/t43-,46?,47-,48?,49?,50?,51?/m0/s1. The van der Waals surface area contributed by atoms with Crippen LogP contribution in [-0.2, 0) is 32.7 Å². The van der Waals surface area contributed by atoms with Crippen LogP contribution in [0, 0.1) is 0 Å². The number of aliphatic hydroxyl groups is 5. The first kappa shape index (κ1) is 61.3. The number of esters is 2. The van der Waals surface area contributed by atoms with Gasteiger partial charge in [-0.1, -0.05) is 179 Å². The van der Waals surface area contributed by atoms with Crippen LogP contribution in [0.5, 0.6) is 0 Å². The van der Waals surface area contributed by atoms with Crippen LogP contribution < -0.4 is 0 Å². The summed E-state index contributed by atoms with van der Waals surface area (Å²) < 4.78 is 33.6. The normalized spacial score (nSPS) is 21.5. The van der Waals surface area contributed by atoms with Crippen LogP contribution in [0.15, 0.2) is 24.3 Å². The Labute approximate surface area is 394 Å². The molecule has 65 heavy (non-hydrogen) atoms. The van der Waals surface area contributed by atoms with Gasteiger partial charge in [0, 0.05) is 12.8 Å². The predicted octanol–water partition coefficient (Wildman–Crippen LogP) is 11.2. The SMILES string of the molecule is CCCCCCCC/C=C/CCCCCCCCCCCCCC(=O)OC[C@@H](COP(=O)(O)OC1C(O)C(O)C(O)[C@H](O)C1O)OC(=O)CCCC/C=C/CCCCCCCCCCC. The average molecular weight is 947 g/mol. The number of aliphatic hydroxyl groups excluding tert-OH is 5. The first-order valence-corrected chi connectivity index (χ1v) is 27.6. The van der Waals surface area contributed by atoms with Crippen LogP contribution in [0.4, 0.5) is 0 Å². The molecule has 382 valence electrons. The molecule has 0 aromatic rings. The molecule has 0 aromatic carbocycles. The maximum absolute atomic E-state index is 12.8. The minimum absolute atomic E-state index is 0.0691. The fourth-order valence-corrected chi connectivity index (χ4v) is 9.02. The van der Waals surface area contributed by atoms with E-state index in [0.717, 1.165) is 38.5 Å². The van der Waals surface area contributed by atoms with Gasteiger partial charge in [-0.25, -0.2) is 4.57 Å². The van der Waals surface area contributed by atoms with Gasteiger partial charge >= 0.3 is 19.8 Å². The van der Waals surface area contributed by atoms with Crippen molar-refractivity contribution < 1.29 is 63.1 Å². The Hall–Kier alpha value is -1.67. The third kappa shape index (κ3) is 33.5. The van der Waals surface area contributed by atoms with Gasteiger partial charge in [-0.2, -0.15) is 0 Å². The van der Waals surface area contributed by atoms with Crippen molar-refractivity contribution in [1.29, 1.82) is 0 Å². The number of rotatable bonds is 44. The van der Waals surface area contributed by atoms with Gasteiger partial charge in [0.05, 0.1) is 6.61 Å². The predicted molar refractivity (Wildman–Crippen MR) is 258 cm³/mol. The molecule has 0 aliphatic heterocycles. The summed E-state index contributed by atoms with van der Waals surface area (Å²) in [6.07, 6.45) is 33.7. The Morgan fingerprint density at radius 2 is 0.785 bits per heavy atom. The average Bonchev–Trinajstić information content (AvgIpc) is 3.29. The highest BCUT2D eigenvalue weighted by Gasteiger charge is 2.51. The topological polar surface area (TPSA) is 210 Å². The van der Waals surface area contributed by atoms with Crippen molar-refractivity contribution in [2.24, 2.45) is 0 Å². The van der Waals surface area contributed by atoms with Gasteiger partial charge in [0.15, 0.2) is 6.10 Å². The van der Waals surface area contributed by atoms with E-state index in [9.17, 15) is 44.6 Å². The summed E-state index contributed by atoms with van der Waals surface area (Å²) in [6.45, 7) is 3.31. The van der Waals surface area contributed by atoms with E-state index in [1.807, 2.05) is 0 Å². The summed E-state index contributed by atoms with van der Waals surface area (Å²) in [6, 6.07) is 0. The van der Waals surface area contributed by atoms with Crippen LogP contribution in [0.1, 0.15) is 232 Å². The fraction of sp³-hybridized carbons (Fsp3) is 0.882. The molecule has 13 nitrogen and oxygen atoms in total. The lowest BCUT2D eigenvalue weighted by molar-refractivity contribution is -0.220. The number of allylic oxidation sites excluding steroid dienone is 4. The Bertz CT molecular complexity index is 1230. The van der Waals surface area contributed by atoms with Crippen LogP contribution in [0.2, 0.25) is 0 Å². The molecule has 1 rings (SSSR count). The molecule has 0 heterocycles. The first-order valence-electron chi connectivity index (χ1n) is 26.1. The van der Waals surface area contributed by atoms with Crippen LogP contribution >= 0.6 is 7.82 Å². The molecule has 0 saturated heterocycles. The monoisotopic (exact) mass is 947 g/mol. The number of hydrogen-bond donors (Lipinski definition) is 6. The summed E-state index contributed by atoms with van der Waals surface area (Å²) in [4.78, 5) is 35.8. The van der Waals surface area contributed by atoms with Gasteiger partial charge in [-0.3, -0.25) is 18.6 Å². The molecule has 8 atom stereocenters. The highest BCUT2D eigenvalue weighted by atomic mass is 31.2. The van der Waals surface area contributed by atoms with E-state index in [-0.39, 0.29) is 12.8 Å². The van der Waals surface area contributed by atoms with Crippen molar-refractivity contribution in [2.45, 2.75) is 275 Å². The Balaban J connectivity index is 2.38. The molecule has 6 N–H and O–H groups in total. The Morgan fingerprint density at radius 1 is 0.462 bits per heavy atom. The van der Waals surface area contributed by atoms with E-state index in [4.69, 9.17) is 18.5 Å². The quantitative estimate of drug-likeness (QED) is 0.0146. The van der Waals surface area contributed by atoms with Crippen molar-refractivity contribution in [3.8, 4) is 0 Å². The lowest BCUT2D eigenvalue weighted by Crippen LogP contribution is -2.64. The van der Waals surface area contributed by atoms with Gasteiger partial charge in [0.25, 0.3) is 0 Å². The number of carbonyl (C=O) groups is 2. The lowest BCUT2D eigenvalue weighted by atomic mass is 9.85. The summed E-state index contributed by atoms with van der Waals surface area (Å²) >= 11 is 0. The second-order valence-electron chi connectivity index (χ2n) is 18.4. The number of phosphoric ester groups is 1. The third-order valence-corrected chi connectivity index (χ3v) is 13.3. The zero-order valence-electron chi connectivity index (χ0n) is 40.8. The third-order valence-electron chi connectivity index (χ3n) is 12.3. The van der Waals surface area contributed by atoms with Gasteiger partial charge in [-0.15, -0.1) is 0 Å². The molecule has 0 spiro atoms. The van der Waals surface area contributed by atoms with Gasteiger partial charge in [0.2, 0.25) is 0 Å². The molecule has 0 bridgehead atoms. The minimum Gasteiger partial charge on any atom is -0.462 e. The molecule has 1 saturated carbocycles. The van der Waals surface area contributed by atoms with E-state index in [1.54, 1.807) is 0 Å². The number of ether oxygens (including phenoxy) is 2. The second kappa shape index (κ2) is 41.3. The molecular formula is C51H95O13P. The molecule has 0 aromatic heterocycles. The summed E-state index contributed by atoms with van der Waals surface area (Å²) in [7, 11) is -5.12. The lowest BCUT2D eigenvalue weighted by Gasteiger charge is -2.41. The fourth-order valence-electron chi connectivity index (χ4n) is 8.04. The summed E-state index contributed by atoms with van der Waals surface area (Å²) in [5.74, 6) is -1.12. The van der Waals surface area contributed by atoms with Crippen molar-refractivity contribution in [2.75, 3.05) is 13.2 Å². The van der Waals surface area contributed by atoms with Crippen molar-refractivity contribution >= 4 is 19.8 Å². The van der Waals surface area contributed by atoms with Crippen molar-refractivity contribution in [3.05, 3.63) is 24.3 Å². The smallest absolute Gasteiger partial charge is 0.462 e. The van der Waals surface area contributed by atoms with Crippen LogP contribution in [-0.4, -0.2) is 98.3 Å². The molecule has 1 aliphatic rings. The Morgan fingerprint density at radius 3 is 1.20 bits per heavy atom.